The second kappa shape index (κ2) is 9.87. The molecule has 0 saturated carbocycles. The highest BCUT2D eigenvalue weighted by Crippen LogP contribution is 2.50. The summed E-state index contributed by atoms with van der Waals surface area (Å²) in [5.74, 6) is 0. The van der Waals surface area contributed by atoms with Gasteiger partial charge >= 0.3 is 0 Å². The molecule has 3 saturated heterocycles. The van der Waals surface area contributed by atoms with Gasteiger partial charge in [-0.15, -0.1) is 0 Å². The molecular formula is C31H43BrO4Si. The molecule has 202 valence electrons. The van der Waals surface area contributed by atoms with Crippen molar-refractivity contribution in [2.75, 3.05) is 11.9 Å². The number of epoxide rings is 3. The summed E-state index contributed by atoms with van der Waals surface area (Å²) in [6.07, 6.45) is 4.96. The molecule has 3 aliphatic rings. The molecule has 3 fully saturated rings. The maximum absolute atomic E-state index is 7.12. The van der Waals surface area contributed by atoms with Gasteiger partial charge in [0.1, 0.15) is 11.7 Å². The highest BCUT2D eigenvalue weighted by Gasteiger charge is 2.59. The summed E-state index contributed by atoms with van der Waals surface area (Å²) in [5.41, 5.74) is -0.119. The Balaban J connectivity index is 1.19. The second-order valence-electron chi connectivity index (χ2n) is 12.9. The van der Waals surface area contributed by atoms with Gasteiger partial charge in [-0.3, -0.25) is 0 Å². The molecule has 4 nitrogen and oxygen atoms in total. The van der Waals surface area contributed by atoms with Crippen LogP contribution in [0.15, 0.2) is 60.7 Å². The number of halogens is 1. The topological polar surface area (TPSA) is 46.8 Å². The van der Waals surface area contributed by atoms with Gasteiger partial charge in [-0.05, 0) is 61.9 Å². The normalized spacial score (nSPS) is 34.8. The number of hydrogen-bond donors (Lipinski definition) is 0. The maximum Gasteiger partial charge on any atom is 0.261 e. The molecule has 2 aromatic carbocycles. The molecule has 0 spiro atoms. The Morgan fingerprint density at radius 1 is 0.730 bits per heavy atom. The van der Waals surface area contributed by atoms with Gasteiger partial charge in [0, 0.05) is 5.33 Å². The molecule has 3 heterocycles. The molecule has 37 heavy (non-hydrogen) atoms. The van der Waals surface area contributed by atoms with Crippen molar-refractivity contribution in [1.82, 2.24) is 0 Å². The predicted octanol–water partition coefficient (Wildman–Crippen LogP) is 5.99. The van der Waals surface area contributed by atoms with Crippen LogP contribution in [-0.4, -0.2) is 55.4 Å². The molecule has 0 bridgehead atoms. The van der Waals surface area contributed by atoms with E-state index >= 15 is 0 Å². The summed E-state index contributed by atoms with van der Waals surface area (Å²) >= 11 is 3.56. The molecule has 0 amide bonds. The van der Waals surface area contributed by atoms with Crippen molar-refractivity contribution in [1.29, 1.82) is 0 Å². The minimum atomic E-state index is -2.54. The van der Waals surface area contributed by atoms with Crippen LogP contribution < -0.4 is 10.4 Å². The third kappa shape index (κ3) is 5.39. The van der Waals surface area contributed by atoms with E-state index in [0.717, 1.165) is 31.0 Å². The van der Waals surface area contributed by atoms with Crippen molar-refractivity contribution >= 4 is 34.6 Å². The zero-order valence-electron chi connectivity index (χ0n) is 23.3. The van der Waals surface area contributed by atoms with Crippen LogP contribution in [0.4, 0.5) is 0 Å². The van der Waals surface area contributed by atoms with Crippen LogP contribution in [-0.2, 0) is 18.6 Å². The monoisotopic (exact) mass is 586 g/mol. The van der Waals surface area contributed by atoms with Crippen LogP contribution in [0.2, 0.25) is 5.04 Å². The molecule has 2 aromatic rings. The molecule has 0 N–H and O–H groups in total. The molecule has 0 radical (unpaired) electrons. The van der Waals surface area contributed by atoms with Crippen molar-refractivity contribution in [3.05, 3.63) is 60.7 Å². The molecule has 0 aliphatic carbocycles. The van der Waals surface area contributed by atoms with E-state index in [-0.39, 0.29) is 27.9 Å². The number of hydrogen-bond acceptors (Lipinski definition) is 4. The summed E-state index contributed by atoms with van der Waals surface area (Å²) in [6.45, 7) is 14.3. The lowest BCUT2D eigenvalue weighted by atomic mass is 9.92. The van der Waals surface area contributed by atoms with Gasteiger partial charge in [-0.2, -0.15) is 0 Å². The fraction of sp³-hybridized carbons (Fsp3) is 0.613. The van der Waals surface area contributed by atoms with Crippen LogP contribution >= 0.6 is 15.9 Å². The predicted molar refractivity (Wildman–Crippen MR) is 156 cm³/mol. The Morgan fingerprint density at radius 2 is 1.16 bits per heavy atom. The maximum atomic E-state index is 7.12. The summed E-state index contributed by atoms with van der Waals surface area (Å²) in [4.78, 5) is 0. The van der Waals surface area contributed by atoms with E-state index in [9.17, 15) is 0 Å². The first-order chi connectivity index (χ1) is 17.5. The lowest BCUT2D eigenvalue weighted by Crippen LogP contribution is -2.67. The van der Waals surface area contributed by atoms with Crippen molar-refractivity contribution in [2.24, 2.45) is 0 Å². The van der Waals surface area contributed by atoms with E-state index in [1.807, 2.05) is 0 Å². The fourth-order valence-electron chi connectivity index (χ4n) is 6.17. The van der Waals surface area contributed by atoms with Crippen molar-refractivity contribution in [2.45, 2.75) is 107 Å². The first kappa shape index (κ1) is 27.5. The van der Waals surface area contributed by atoms with Gasteiger partial charge in [0.05, 0.1) is 30.0 Å². The third-order valence-corrected chi connectivity index (χ3v) is 15.2. The highest BCUT2D eigenvalue weighted by molar-refractivity contribution is 9.09. The average Bonchev–Trinajstić information content (AvgIpc) is 3.82. The number of alkyl halides is 1. The van der Waals surface area contributed by atoms with Crippen molar-refractivity contribution in [3.8, 4) is 0 Å². The largest absolute Gasteiger partial charge is 0.405 e. The Kier molecular flexibility index (Phi) is 7.34. The van der Waals surface area contributed by atoms with E-state index in [2.05, 4.69) is 118 Å². The minimum absolute atomic E-state index is 0.00859. The molecule has 5 rings (SSSR count). The molecule has 6 atom stereocenters. The smallest absolute Gasteiger partial charge is 0.261 e. The molecule has 0 aromatic heterocycles. The van der Waals surface area contributed by atoms with Crippen molar-refractivity contribution in [3.63, 3.8) is 0 Å². The van der Waals surface area contributed by atoms with E-state index < -0.39 is 8.32 Å². The van der Waals surface area contributed by atoms with Crippen LogP contribution in [0.1, 0.15) is 67.2 Å². The van der Waals surface area contributed by atoms with Crippen LogP contribution in [0, 0.1) is 0 Å². The fourth-order valence-corrected chi connectivity index (χ4v) is 11.2. The van der Waals surface area contributed by atoms with E-state index in [1.165, 1.54) is 10.4 Å². The lowest BCUT2D eigenvalue weighted by Gasteiger charge is -2.43. The van der Waals surface area contributed by atoms with Crippen LogP contribution in [0.5, 0.6) is 0 Å². The summed E-state index contributed by atoms with van der Waals surface area (Å²) < 4.78 is 25.4. The van der Waals surface area contributed by atoms with Gasteiger partial charge in [0.2, 0.25) is 0 Å². The Morgan fingerprint density at radius 3 is 1.62 bits per heavy atom. The van der Waals surface area contributed by atoms with E-state index in [0.29, 0.717) is 18.8 Å². The number of rotatable bonds is 12. The summed E-state index contributed by atoms with van der Waals surface area (Å²) in [5, 5.41) is 3.50. The molecule has 6 heteroatoms. The third-order valence-electron chi connectivity index (χ3n) is 9.05. The van der Waals surface area contributed by atoms with Crippen LogP contribution in [0.25, 0.3) is 0 Å². The SMILES string of the molecule is CC(C)(C)[Si](OC[C@H]1O[C@]1(C)CC[C@@H]1O[C@]1(C)CC[C@@H]1O[C@@]1(C)CBr)(c1ccccc1)c1ccccc1. The number of ether oxygens (including phenoxy) is 3. The Labute approximate surface area is 232 Å². The molecule has 3 aliphatic heterocycles. The second-order valence-corrected chi connectivity index (χ2v) is 17.8. The van der Waals surface area contributed by atoms with Gasteiger partial charge < -0.3 is 18.6 Å². The molecular weight excluding hydrogens is 544 g/mol. The Hall–Kier alpha value is -1.02. The van der Waals surface area contributed by atoms with Crippen LogP contribution in [0.3, 0.4) is 0 Å². The number of benzene rings is 2. The summed E-state index contributed by atoms with van der Waals surface area (Å²) in [6, 6.07) is 21.7. The average molecular weight is 588 g/mol. The first-order valence-electron chi connectivity index (χ1n) is 13.8. The van der Waals surface area contributed by atoms with E-state index in [1.54, 1.807) is 0 Å². The standard InChI is InChI=1S/C31H43BrO4Si/c1-28(2,3)37(23-13-9-7-10-14-23,24-15-11-8-12-16-24)33-21-27-30(5,36-27)20-17-25-29(4,34-25)19-18-26-31(6,22-32)35-26/h7-16,25-27H,17-22H2,1-6H3/t25-,26-,27+,29+,30+,31-/m0/s1. The van der Waals surface area contributed by atoms with Gasteiger partial charge in [-0.25, -0.2) is 0 Å². The molecule has 0 unspecified atom stereocenters. The van der Waals surface area contributed by atoms with Gasteiger partial charge in [0.25, 0.3) is 8.32 Å². The summed E-state index contributed by atoms with van der Waals surface area (Å²) in [7, 11) is -2.54. The first-order valence-corrected chi connectivity index (χ1v) is 16.8. The van der Waals surface area contributed by atoms with E-state index in [4.69, 9.17) is 18.6 Å². The zero-order valence-corrected chi connectivity index (χ0v) is 25.8. The highest BCUT2D eigenvalue weighted by atomic mass is 79.9. The lowest BCUT2D eigenvalue weighted by molar-refractivity contribution is 0.237. The zero-order chi connectivity index (χ0) is 26.5. The quantitative estimate of drug-likeness (QED) is 0.174. The Bertz CT molecular complexity index is 1040. The minimum Gasteiger partial charge on any atom is -0.405 e. The van der Waals surface area contributed by atoms with Gasteiger partial charge in [-0.1, -0.05) is 97.4 Å². The van der Waals surface area contributed by atoms with Crippen molar-refractivity contribution < 1.29 is 18.6 Å². The van der Waals surface area contributed by atoms with Gasteiger partial charge in [0.15, 0.2) is 0 Å².